The summed E-state index contributed by atoms with van der Waals surface area (Å²) in [5.41, 5.74) is 1.70. The van der Waals surface area contributed by atoms with Crippen LogP contribution < -0.4 is 9.47 Å². The molecule has 0 bridgehead atoms. The van der Waals surface area contributed by atoms with E-state index in [1.54, 1.807) is 0 Å². The van der Waals surface area contributed by atoms with E-state index in [0.29, 0.717) is 11.5 Å². The Hall–Kier alpha value is -3.62. The van der Waals surface area contributed by atoms with Crippen LogP contribution >= 0.6 is 0 Å². The molecule has 3 aromatic rings. The predicted octanol–water partition coefficient (Wildman–Crippen LogP) is 6.01. The smallest absolute Gasteiger partial charge is 0.143 e. The summed E-state index contributed by atoms with van der Waals surface area (Å²) >= 11 is 0. The molecule has 3 rings (SSSR count). The molecule has 0 aliphatic heterocycles. The van der Waals surface area contributed by atoms with Crippen LogP contribution in [0.5, 0.6) is 23.0 Å². The van der Waals surface area contributed by atoms with E-state index >= 15 is 0 Å². The molecule has 0 radical (unpaired) electrons. The van der Waals surface area contributed by atoms with Gasteiger partial charge in [-0.1, -0.05) is 42.2 Å². The SMILES string of the molecule is CC#Cc1ccccc1Oc1cccc(Oc2ccccc2C#CC)c1. The maximum atomic E-state index is 6.01. The van der Waals surface area contributed by atoms with Crippen molar-refractivity contribution in [3.05, 3.63) is 83.9 Å². The van der Waals surface area contributed by atoms with Crippen molar-refractivity contribution < 1.29 is 9.47 Å². The van der Waals surface area contributed by atoms with E-state index in [2.05, 4.69) is 23.7 Å². The molecule has 2 nitrogen and oxygen atoms in total. The van der Waals surface area contributed by atoms with Gasteiger partial charge in [0.1, 0.15) is 23.0 Å². The second-order valence-electron chi connectivity index (χ2n) is 5.42. The molecule has 0 heterocycles. The third-order valence-electron chi connectivity index (χ3n) is 3.55. The first-order valence-electron chi connectivity index (χ1n) is 8.29. The van der Waals surface area contributed by atoms with E-state index < -0.39 is 0 Å². The summed E-state index contributed by atoms with van der Waals surface area (Å²) in [6, 6.07) is 22.9. The average molecular weight is 338 g/mol. The molecule has 2 heteroatoms. The Balaban J connectivity index is 1.85. The molecule has 0 aliphatic carbocycles. The minimum Gasteiger partial charge on any atom is -0.456 e. The fourth-order valence-corrected chi connectivity index (χ4v) is 2.44. The van der Waals surface area contributed by atoms with E-state index in [4.69, 9.17) is 9.47 Å². The number of para-hydroxylation sites is 2. The van der Waals surface area contributed by atoms with Gasteiger partial charge in [0.15, 0.2) is 0 Å². The molecule has 0 amide bonds. The van der Waals surface area contributed by atoms with E-state index in [1.807, 2.05) is 86.6 Å². The molecule has 126 valence electrons. The second-order valence-corrected chi connectivity index (χ2v) is 5.42. The number of hydrogen-bond donors (Lipinski definition) is 0. The van der Waals surface area contributed by atoms with Gasteiger partial charge < -0.3 is 9.47 Å². The van der Waals surface area contributed by atoms with Crippen LogP contribution in [0.25, 0.3) is 0 Å². The van der Waals surface area contributed by atoms with Crippen molar-refractivity contribution in [1.29, 1.82) is 0 Å². The van der Waals surface area contributed by atoms with E-state index in [1.165, 1.54) is 0 Å². The van der Waals surface area contributed by atoms with Gasteiger partial charge in [-0.3, -0.25) is 0 Å². The van der Waals surface area contributed by atoms with E-state index in [9.17, 15) is 0 Å². The number of rotatable bonds is 4. The van der Waals surface area contributed by atoms with E-state index in [0.717, 1.165) is 22.6 Å². The molecule has 0 spiro atoms. The second kappa shape index (κ2) is 8.47. The van der Waals surface area contributed by atoms with Gasteiger partial charge >= 0.3 is 0 Å². The molecule has 26 heavy (non-hydrogen) atoms. The minimum absolute atomic E-state index is 0.687. The first-order chi connectivity index (χ1) is 12.8. The minimum atomic E-state index is 0.687. The summed E-state index contributed by atoms with van der Waals surface area (Å²) < 4.78 is 12.0. The highest BCUT2D eigenvalue weighted by Gasteiger charge is 2.06. The van der Waals surface area contributed by atoms with Crippen molar-refractivity contribution in [1.82, 2.24) is 0 Å². The summed E-state index contributed by atoms with van der Waals surface area (Å²) in [5, 5.41) is 0. The Bertz CT molecular complexity index is 946. The lowest BCUT2D eigenvalue weighted by Gasteiger charge is -2.11. The molecule has 0 N–H and O–H groups in total. The quantitative estimate of drug-likeness (QED) is 0.542. The maximum Gasteiger partial charge on any atom is 0.143 e. The van der Waals surface area contributed by atoms with Crippen LogP contribution in [-0.2, 0) is 0 Å². The lowest BCUT2D eigenvalue weighted by atomic mass is 10.2. The molecule has 0 aliphatic rings. The molecule has 3 aromatic carbocycles. The highest BCUT2D eigenvalue weighted by atomic mass is 16.5. The van der Waals surface area contributed by atoms with Crippen LogP contribution in [0.1, 0.15) is 25.0 Å². The molecular formula is C24H18O2. The molecule has 0 saturated heterocycles. The predicted molar refractivity (Wildman–Crippen MR) is 105 cm³/mol. The highest BCUT2D eigenvalue weighted by Crippen LogP contribution is 2.30. The largest absolute Gasteiger partial charge is 0.456 e. The highest BCUT2D eigenvalue weighted by molar-refractivity contribution is 5.50. The first-order valence-corrected chi connectivity index (χ1v) is 8.29. The van der Waals surface area contributed by atoms with Crippen molar-refractivity contribution >= 4 is 0 Å². The zero-order valence-electron chi connectivity index (χ0n) is 14.7. The van der Waals surface area contributed by atoms with Crippen LogP contribution in [0.4, 0.5) is 0 Å². The number of hydrogen-bond acceptors (Lipinski definition) is 2. The normalized spacial score (nSPS) is 9.31. The third kappa shape index (κ3) is 4.26. The van der Waals surface area contributed by atoms with Gasteiger partial charge in [0.05, 0.1) is 11.1 Å². The maximum absolute atomic E-state index is 6.01. The molecule has 0 aromatic heterocycles. The summed E-state index contributed by atoms with van der Waals surface area (Å²) in [6.07, 6.45) is 0. The Morgan fingerprint density at radius 3 is 1.50 bits per heavy atom. The lowest BCUT2D eigenvalue weighted by Crippen LogP contribution is -1.91. The average Bonchev–Trinajstić information content (AvgIpc) is 2.66. The topological polar surface area (TPSA) is 18.5 Å². The fraction of sp³-hybridized carbons (Fsp3) is 0.0833. The Kier molecular flexibility index (Phi) is 5.61. The zero-order valence-corrected chi connectivity index (χ0v) is 14.7. The molecule has 0 saturated carbocycles. The first kappa shape index (κ1) is 17.2. The fourth-order valence-electron chi connectivity index (χ4n) is 2.44. The van der Waals surface area contributed by atoms with Gasteiger partial charge in [-0.25, -0.2) is 0 Å². The summed E-state index contributed by atoms with van der Waals surface area (Å²) in [7, 11) is 0. The summed E-state index contributed by atoms with van der Waals surface area (Å²) in [4.78, 5) is 0. The zero-order chi connectivity index (χ0) is 18.2. The third-order valence-corrected chi connectivity index (χ3v) is 3.55. The number of benzene rings is 3. The van der Waals surface area contributed by atoms with Crippen molar-refractivity contribution in [2.45, 2.75) is 13.8 Å². The van der Waals surface area contributed by atoms with Crippen LogP contribution in [0, 0.1) is 23.7 Å². The van der Waals surface area contributed by atoms with Crippen LogP contribution in [-0.4, -0.2) is 0 Å². The Morgan fingerprint density at radius 2 is 1.04 bits per heavy atom. The van der Waals surface area contributed by atoms with Gasteiger partial charge in [0, 0.05) is 6.07 Å². The van der Waals surface area contributed by atoms with Gasteiger partial charge in [-0.05, 0) is 50.2 Å². The standard InChI is InChI=1S/C24H18O2/c1-3-10-19-12-5-7-16-23(19)25-21-14-9-15-22(18-21)26-24-17-8-6-13-20(24)11-4-2/h5-9,12-18H,1-2H3. The van der Waals surface area contributed by atoms with Crippen LogP contribution in [0.2, 0.25) is 0 Å². The summed E-state index contributed by atoms with van der Waals surface area (Å²) in [5.74, 6) is 14.7. The Morgan fingerprint density at radius 1 is 0.577 bits per heavy atom. The van der Waals surface area contributed by atoms with Gasteiger partial charge in [0.25, 0.3) is 0 Å². The molecule has 0 atom stereocenters. The number of ether oxygens (including phenoxy) is 2. The lowest BCUT2D eigenvalue weighted by molar-refractivity contribution is 0.459. The van der Waals surface area contributed by atoms with E-state index in [-0.39, 0.29) is 0 Å². The monoisotopic (exact) mass is 338 g/mol. The van der Waals surface area contributed by atoms with Crippen LogP contribution in [0.3, 0.4) is 0 Å². The van der Waals surface area contributed by atoms with Crippen molar-refractivity contribution in [2.75, 3.05) is 0 Å². The summed E-state index contributed by atoms with van der Waals surface area (Å²) in [6.45, 7) is 3.61. The van der Waals surface area contributed by atoms with Crippen LogP contribution in [0.15, 0.2) is 72.8 Å². The Labute approximate surface area is 154 Å². The molecular weight excluding hydrogens is 320 g/mol. The van der Waals surface area contributed by atoms with Crippen molar-refractivity contribution in [3.8, 4) is 46.7 Å². The van der Waals surface area contributed by atoms with Gasteiger partial charge in [-0.2, -0.15) is 0 Å². The van der Waals surface area contributed by atoms with Crippen molar-refractivity contribution in [2.24, 2.45) is 0 Å². The van der Waals surface area contributed by atoms with Gasteiger partial charge in [-0.15, -0.1) is 11.8 Å². The van der Waals surface area contributed by atoms with Crippen molar-refractivity contribution in [3.63, 3.8) is 0 Å². The molecule has 0 unspecified atom stereocenters. The molecule has 0 fully saturated rings. The van der Waals surface area contributed by atoms with Gasteiger partial charge in [0.2, 0.25) is 0 Å².